The number of aromatic nitrogens is 1. The van der Waals surface area contributed by atoms with Crippen molar-refractivity contribution in [2.75, 3.05) is 11.5 Å². The van der Waals surface area contributed by atoms with Crippen LogP contribution in [0.2, 0.25) is 0 Å². The van der Waals surface area contributed by atoms with Crippen LogP contribution in [0.5, 0.6) is 5.75 Å². The van der Waals surface area contributed by atoms with E-state index < -0.39 is 22.7 Å². The number of carbonyl (C=O) groups is 2. The van der Waals surface area contributed by atoms with E-state index in [2.05, 4.69) is 4.98 Å². The molecule has 1 aromatic heterocycles. The molecule has 1 aliphatic heterocycles. The summed E-state index contributed by atoms with van der Waals surface area (Å²) in [6.45, 7) is 2.31. The Kier molecular flexibility index (Phi) is 5.69. The van der Waals surface area contributed by atoms with Gasteiger partial charge in [0.15, 0.2) is 5.13 Å². The van der Waals surface area contributed by atoms with E-state index in [4.69, 9.17) is 4.74 Å². The third-order valence-corrected chi connectivity index (χ3v) is 5.68. The van der Waals surface area contributed by atoms with Crippen molar-refractivity contribution >= 4 is 39.6 Å². The number of Topliss-reactive ketones (excluding diaryl/α,β-unsaturated/α-hetero) is 1. The molecule has 0 bridgehead atoms. The highest BCUT2D eigenvalue weighted by Crippen LogP contribution is 2.43. The standard InChI is InChI=1S/C22H17N3O6S/c1-2-31-16-8-6-13(7-9-16)19(26)17-18(14-4-3-5-15(12-14)25(29)30)24(21(28)20(17)27)22-23-10-11-32-22/h3-12,18,26H,2H2,1H3/b19-17+/t18-/m0/s1. The predicted molar refractivity (Wildman–Crippen MR) is 118 cm³/mol. The molecular formula is C22H17N3O6S. The molecule has 2 heterocycles. The van der Waals surface area contributed by atoms with E-state index in [9.17, 15) is 24.8 Å². The predicted octanol–water partition coefficient (Wildman–Crippen LogP) is 4.08. The van der Waals surface area contributed by atoms with E-state index in [1.165, 1.54) is 24.4 Å². The van der Waals surface area contributed by atoms with Gasteiger partial charge in [0.05, 0.1) is 23.1 Å². The summed E-state index contributed by atoms with van der Waals surface area (Å²) in [6.07, 6.45) is 1.48. The SMILES string of the molecule is CCOc1ccc(/C(O)=C2\C(=O)C(=O)N(c3nccs3)[C@H]2c2cccc([N+](=O)[O-])c2)cc1. The Morgan fingerprint density at radius 3 is 2.62 bits per heavy atom. The van der Waals surface area contributed by atoms with Crippen LogP contribution >= 0.6 is 11.3 Å². The Balaban J connectivity index is 1.90. The van der Waals surface area contributed by atoms with Crippen LogP contribution < -0.4 is 9.64 Å². The van der Waals surface area contributed by atoms with E-state index >= 15 is 0 Å². The van der Waals surface area contributed by atoms with Gasteiger partial charge in [-0.25, -0.2) is 4.98 Å². The fourth-order valence-electron chi connectivity index (χ4n) is 3.52. The first kappa shape index (κ1) is 21.2. The zero-order valence-corrected chi connectivity index (χ0v) is 17.6. The number of hydrogen-bond acceptors (Lipinski definition) is 8. The fourth-order valence-corrected chi connectivity index (χ4v) is 4.19. The molecule has 0 spiro atoms. The minimum atomic E-state index is -1.08. The third kappa shape index (κ3) is 3.71. The lowest BCUT2D eigenvalue weighted by Gasteiger charge is -2.22. The lowest BCUT2D eigenvalue weighted by atomic mass is 9.95. The van der Waals surface area contributed by atoms with Gasteiger partial charge in [-0.1, -0.05) is 12.1 Å². The van der Waals surface area contributed by atoms with Gasteiger partial charge in [-0.3, -0.25) is 24.6 Å². The second-order valence-electron chi connectivity index (χ2n) is 6.79. The summed E-state index contributed by atoms with van der Waals surface area (Å²) < 4.78 is 5.40. The lowest BCUT2D eigenvalue weighted by molar-refractivity contribution is -0.384. The Hall–Kier alpha value is -4.05. The van der Waals surface area contributed by atoms with Gasteiger partial charge in [0.2, 0.25) is 0 Å². The van der Waals surface area contributed by atoms with Gasteiger partial charge in [0.25, 0.3) is 11.5 Å². The van der Waals surface area contributed by atoms with Crippen LogP contribution in [-0.2, 0) is 9.59 Å². The maximum Gasteiger partial charge on any atom is 0.301 e. The Labute approximate surface area is 186 Å². The number of nitro benzene ring substituents is 1. The third-order valence-electron chi connectivity index (χ3n) is 4.91. The van der Waals surface area contributed by atoms with Gasteiger partial charge in [-0.2, -0.15) is 0 Å². The first-order valence-corrected chi connectivity index (χ1v) is 10.5. The number of rotatable bonds is 6. The maximum atomic E-state index is 13.0. The van der Waals surface area contributed by atoms with E-state index in [-0.39, 0.29) is 22.2 Å². The summed E-state index contributed by atoms with van der Waals surface area (Å²) in [5.74, 6) is -1.57. The monoisotopic (exact) mass is 451 g/mol. The Bertz CT molecular complexity index is 1220. The maximum absolute atomic E-state index is 13.0. The molecule has 32 heavy (non-hydrogen) atoms. The summed E-state index contributed by atoms with van der Waals surface area (Å²) in [5, 5.41) is 24.2. The highest BCUT2D eigenvalue weighted by Gasteiger charge is 2.48. The van der Waals surface area contributed by atoms with Crippen molar-refractivity contribution in [2.45, 2.75) is 13.0 Å². The summed E-state index contributed by atoms with van der Waals surface area (Å²) in [4.78, 5) is 42.0. The summed E-state index contributed by atoms with van der Waals surface area (Å²) in [6, 6.07) is 11.0. The fraction of sp³-hybridized carbons (Fsp3) is 0.136. The van der Waals surface area contributed by atoms with E-state index in [1.54, 1.807) is 35.7 Å². The van der Waals surface area contributed by atoms with E-state index in [0.717, 1.165) is 16.2 Å². The van der Waals surface area contributed by atoms with Crippen molar-refractivity contribution < 1.29 is 24.4 Å². The molecule has 162 valence electrons. The zero-order chi connectivity index (χ0) is 22.8. The Morgan fingerprint density at radius 1 is 1.25 bits per heavy atom. The number of ether oxygens (including phenoxy) is 1. The molecule has 1 N–H and O–H groups in total. The van der Waals surface area contributed by atoms with Crippen LogP contribution in [0.15, 0.2) is 65.7 Å². The Morgan fingerprint density at radius 2 is 2.00 bits per heavy atom. The van der Waals surface area contributed by atoms with Crippen molar-refractivity contribution in [1.29, 1.82) is 0 Å². The number of thiazole rings is 1. The topological polar surface area (TPSA) is 123 Å². The van der Waals surface area contributed by atoms with Crippen molar-refractivity contribution in [2.24, 2.45) is 0 Å². The largest absolute Gasteiger partial charge is 0.507 e. The molecule has 1 aliphatic rings. The van der Waals surface area contributed by atoms with Crippen molar-refractivity contribution in [3.05, 3.63) is 86.9 Å². The van der Waals surface area contributed by atoms with Crippen molar-refractivity contribution in [3.63, 3.8) is 0 Å². The first-order chi connectivity index (χ1) is 15.4. The molecule has 0 aliphatic carbocycles. The summed E-state index contributed by atoms with van der Waals surface area (Å²) in [5.41, 5.74) is 0.241. The molecule has 1 atom stereocenters. The van der Waals surface area contributed by atoms with Gasteiger partial charge in [0, 0.05) is 29.3 Å². The van der Waals surface area contributed by atoms with Crippen LogP contribution in [0.4, 0.5) is 10.8 Å². The molecule has 0 radical (unpaired) electrons. The van der Waals surface area contributed by atoms with Gasteiger partial charge >= 0.3 is 5.91 Å². The zero-order valence-electron chi connectivity index (χ0n) is 16.8. The van der Waals surface area contributed by atoms with Crippen LogP contribution in [-0.4, -0.2) is 33.3 Å². The van der Waals surface area contributed by atoms with Gasteiger partial charge in [-0.15, -0.1) is 11.3 Å². The number of ketones is 1. The number of hydrogen-bond donors (Lipinski definition) is 1. The van der Waals surface area contributed by atoms with Gasteiger partial charge in [0.1, 0.15) is 11.5 Å². The minimum absolute atomic E-state index is 0.171. The molecule has 1 saturated heterocycles. The van der Waals surface area contributed by atoms with Crippen molar-refractivity contribution in [1.82, 2.24) is 4.98 Å². The highest BCUT2D eigenvalue weighted by molar-refractivity contribution is 7.14. The van der Waals surface area contributed by atoms with E-state index in [0.29, 0.717) is 23.5 Å². The average molecular weight is 451 g/mol. The van der Waals surface area contributed by atoms with Crippen LogP contribution in [0.3, 0.4) is 0 Å². The first-order valence-electron chi connectivity index (χ1n) is 9.60. The van der Waals surface area contributed by atoms with Gasteiger partial charge < -0.3 is 9.84 Å². The molecule has 9 nitrogen and oxygen atoms in total. The van der Waals surface area contributed by atoms with Crippen LogP contribution in [0.25, 0.3) is 5.76 Å². The number of amides is 1. The van der Waals surface area contributed by atoms with Crippen LogP contribution in [0, 0.1) is 10.1 Å². The molecule has 1 amide bonds. The smallest absolute Gasteiger partial charge is 0.301 e. The second kappa shape index (κ2) is 8.60. The number of benzene rings is 2. The second-order valence-corrected chi connectivity index (χ2v) is 7.67. The molecule has 10 heteroatoms. The molecule has 1 fully saturated rings. The molecule has 3 aromatic rings. The van der Waals surface area contributed by atoms with Crippen molar-refractivity contribution in [3.8, 4) is 5.75 Å². The highest BCUT2D eigenvalue weighted by atomic mass is 32.1. The lowest BCUT2D eigenvalue weighted by Crippen LogP contribution is -2.29. The normalized spacial score (nSPS) is 17.5. The number of aliphatic hydroxyl groups is 1. The summed E-state index contributed by atoms with van der Waals surface area (Å²) in [7, 11) is 0. The average Bonchev–Trinajstić information content (AvgIpc) is 3.41. The molecule has 4 rings (SSSR count). The number of nitrogens with zero attached hydrogens (tertiary/aromatic N) is 3. The quantitative estimate of drug-likeness (QED) is 0.197. The summed E-state index contributed by atoms with van der Waals surface area (Å²) >= 11 is 1.14. The number of non-ortho nitro benzene ring substituents is 1. The number of carbonyl (C=O) groups excluding carboxylic acids is 2. The molecular weight excluding hydrogens is 434 g/mol. The number of anilines is 1. The minimum Gasteiger partial charge on any atom is -0.507 e. The van der Waals surface area contributed by atoms with E-state index in [1.807, 2.05) is 6.92 Å². The molecule has 0 saturated carbocycles. The number of aliphatic hydroxyl groups excluding tert-OH is 1. The van der Waals surface area contributed by atoms with Crippen LogP contribution in [0.1, 0.15) is 24.1 Å². The molecule has 2 aromatic carbocycles. The van der Waals surface area contributed by atoms with Gasteiger partial charge in [-0.05, 0) is 36.8 Å². The number of nitro groups is 1. The molecule has 0 unspecified atom stereocenters.